The topological polar surface area (TPSA) is 60.8 Å². The summed E-state index contributed by atoms with van der Waals surface area (Å²) in [5.74, 6) is 0. The van der Waals surface area contributed by atoms with Crippen molar-refractivity contribution >= 4 is 21.6 Å². The number of nitrogens with zero attached hydrogens (tertiary/aromatic N) is 1. The van der Waals surface area contributed by atoms with Crippen LogP contribution in [0.15, 0.2) is 35.9 Å². The number of unbranched alkanes of at least 4 members (excludes halogenated alkanes) is 31. The van der Waals surface area contributed by atoms with Crippen molar-refractivity contribution in [3.8, 4) is 0 Å². The molecule has 1 unspecified atom stereocenters. The fraction of sp³-hybridized carbons (Fsp3) is 0.833. The number of aromatic nitrogens is 1. The van der Waals surface area contributed by atoms with Gasteiger partial charge in [0, 0.05) is 6.20 Å². The van der Waals surface area contributed by atoms with Crippen LogP contribution in [-0.4, -0.2) is 16.8 Å². The summed E-state index contributed by atoms with van der Waals surface area (Å²) in [4.78, 5) is 8.85. The molecule has 0 aliphatic carbocycles. The summed E-state index contributed by atoms with van der Waals surface area (Å²) in [6.45, 7) is 2.77. The molecule has 49 heavy (non-hydrogen) atoms. The van der Waals surface area contributed by atoms with Gasteiger partial charge in [0.15, 0.2) is 0 Å². The Morgan fingerprint density at radius 2 is 0.939 bits per heavy atom. The maximum Gasteiger partial charge on any atom is 0.0854 e. The lowest BCUT2D eigenvalue weighted by Gasteiger charge is -2.05. The monoisotopic (exact) mass is 724 g/mol. The molecule has 0 saturated heterocycles. The lowest BCUT2D eigenvalue weighted by Crippen LogP contribution is -1.95. The maximum atomic E-state index is 7.94. The molecule has 0 spiro atoms. The van der Waals surface area contributed by atoms with E-state index in [-0.39, 0.29) is 0 Å². The molecule has 286 valence electrons. The molecule has 1 atom stereocenters. The van der Waals surface area contributed by atoms with Crippen LogP contribution in [-0.2, 0) is 15.0 Å². The van der Waals surface area contributed by atoms with Gasteiger partial charge in [-0.2, -0.15) is 0 Å². The van der Waals surface area contributed by atoms with Gasteiger partial charge in [-0.1, -0.05) is 240 Å². The zero-order valence-electron chi connectivity index (χ0n) is 31.8. The van der Waals surface area contributed by atoms with E-state index in [0.717, 1.165) is 18.5 Å². The summed E-state index contributed by atoms with van der Waals surface area (Å²) >= 11 is 0. The van der Waals surface area contributed by atoms with Crippen molar-refractivity contribution in [2.45, 2.75) is 218 Å². The molecule has 1 N–H and O–H groups in total. The molecule has 0 radical (unpaired) electrons. The number of hydrogen-bond donors (Lipinski definition) is 1. The van der Waals surface area contributed by atoms with Crippen LogP contribution in [0.25, 0.3) is 0 Å². The third-order valence-electron chi connectivity index (χ3n) is 9.61. The van der Waals surface area contributed by atoms with Crippen LogP contribution >= 0.6 is 21.6 Å². The van der Waals surface area contributed by atoms with E-state index in [2.05, 4.69) is 44.4 Å². The highest BCUT2D eigenvalue weighted by molar-refractivity contribution is 8.78. The predicted octanol–water partition coefficient (Wildman–Crippen LogP) is 15.9. The van der Waals surface area contributed by atoms with Gasteiger partial charge in [0.2, 0.25) is 0 Å². The first-order chi connectivity index (χ1) is 24.4. The van der Waals surface area contributed by atoms with Crippen molar-refractivity contribution in [1.82, 2.24) is 4.98 Å². The Morgan fingerprint density at radius 3 is 1.24 bits per heavy atom. The van der Waals surface area contributed by atoms with Crippen LogP contribution < -0.4 is 0 Å². The second kappa shape index (κ2) is 40.2. The smallest absolute Gasteiger partial charge is 0.0854 e. The second-order valence-electron chi connectivity index (χ2n) is 14.1. The molecule has 1 aliphatic rings. The van der Waals surface area contributed by atoms with E-state index in [1.165, 1.54) is 193 Å². The average Bonchev–Trinajstić information content (AvgIpc) is 3.68. The van der Waals surface area contributed by atoms with Crippen molar-refractivity contribution in [1.29, 1.82) is 0 Å². The van der Waals surface area contributed by atoms with Gasteiger partial charge in [-0.15, -0.1) is 0 Å². The average molecular weight is 724 g/mol. The molecule has 1 aromatic heterocycles. The zero-order chi connectivity index (χ0) is 35.0. The molecule has 7 heteroatoms. The highest BCUT2D eigenvalue weighted by atomic mass is 33.1. The summed E-state index contributed by atoms with van der Waals surface area (Å²) in [6, 6.07) is 6.04. The number of pyridine rings is 1. The molecule has 1 aromatic rings. The molecule has 0 aromatic carbocycles. The van der Waals surface area contributed by atoms with Crippen LogP contribution in [0.5, 0.6) is 0 Å². The van der Waals surface area contributed by atoms with Gasteiger partial charge in [-0.05, 0) is 34.0 Å². The standard InChI is InChI=1S/C34H70O4.C8H7NS2/c1-2-3-4-5-6-7-8-9-10-11-12-13-14-15-16-17-18-19-20-21-22-23-24-25-26-27-28-29-30-31-32-33-34-36-38-37-35;1-2-5-9-7(3-1)8-4-6-10-11-8/h35H,2-34H2,1H3;1-6,8H. The molecular weight excluding hydrogens is 647 g/mol. The largest absolute Gasteiger partial charge is 0.260 e. The fourth-order valence-electron chi connectivity index (χ4n) is 6.51. The lowest BCUT2D eigenvalue weighted by molar-refractivity contribution is -0.623. The van der Waals surface area contributed by atoms with Crippen LogP contribution in [0.4, 0.5) is 0 Å². The molecule has 0 amide bonds. The van der Waals surface area contributed by atoms with Crippen LogP contribution in [0.1, 0.15) is 223 Å². The first-order valence-corrected chi connectivity index (χ1v) is 23.2. The number of hydrogen-bond acceptors (Lipinski definition) is 7. The summed E-state index contributed by atoms with van der Waals surface area (Å²) in [5, 5.41) is 17.9. The van der Waals surface area contributed by atoms with E-state index in [0.29, 0.717) is 11.9 Å². The SMILES string of the molecule is C1=CC(c2ccccn2)SS1.CCCCCCCCCCCCCCCCCCCCCCCCCCCCCCCCCCOOOO. The molecule has 0 fully saturated rings. The minimum atomic E-state index is 0.459. The molecule has 2 rings (SSSR count). The molecule has 0 saturated carbocycles. The summed E-state index contributed by atoms with van der Waals surface area (Å²) in [6.07, 6.45) is 49.4. The molecule has 1 aliphatic heterocycles. The van der Waals surface area contributed by atoms with Crippen molar-refractivity contribution < 1.29 is 20.2 Å². The molecule has 5 nitrogen and oxygen atoms in total. The molecular formula is C42H77NO4S2. The summed E-state index contributed by atoms with van der Waals surface area (Å²) in [7, 11) is 3.61. The van der Waals surface area contributed by atoms with Crippen molar-refractivity contribution in [2.24, 2.45) is 0 Å². The quantitative estimate of drug-likeness (QED) is 0.0320. The first-order valence-electron chi connectivity index (χ1n) is 20.9. The Kier molecular flexibility index (Phi) is 38.1. The van der Waals surface area contributed by atoms with Crippen LogP contribution in [0, 0.1) is 0 Å². The van der Waals surface area contributed by atoms with Gasteiger partial charge in [0.1, 0.15) is 0 Å². The summed E-state index contributed by atoms with van der Waals surface area (Å²) in [5.41, 5.74) is 1.15. The van der Waals surface area contributed by atoms with Gasteiger partial charge >= 0.3 is 0 Å². The minimum absolute atomic E-state index is 0.459. The molecule has 0 bridgehead atoms. The normalized spacial score (nSPS) is 14.0. The second-order valence-corrected chi connectivity index (χ2v) is 16.4. The highest BCUT2D eigenvalue weighted by Gasteiger charge is 2.13. The van der Waals surface area contributed by atoms with Gasteiger partial charge < -0.3 is 0 Å². The maximum absolute atomic E-state index is 7.94. The Bertz CT molecular complexity index is 749. The zero-order valence-corrected chi connectivity index (χ0v) is 33.4. The van der Waals surface area contributed by atoms with Gasteiger partial charge in [-0.3, -0.25) is 4.98 Å². The molecule has 2 heterocycles. The van der Waals surface area contributed by atoms with E-state index < -0.39 is 0 Å². The lowest BCUT2D eigenvalue weighted by atomic mass is 10.0. The van der Waals surface area contributed by atoms with Crippen molar-refractivity contribution in [2.75, 3.05) is 6.61 Å². The Balaban J connectivity index is 0.000000901. The van der Waals surface area contributed by atoms with Crippen molar-refractivity contribution in [3.63, 3.8) is 0 Å². The predicted molar refractivity (Wildman–Crippen MR) is 215 cm³/mol. The Labute approximate surface area is 311 Å². The van der Waals surface area contributed by atoms with E-state index in [1.54, 1.807) is 10.8 Å². The first kappa shape index (κ1) is 46.5. The van der Waals surface area contributed by atoms with E-state index in [4.69, 9.17) is 5.26 Å². The van der Waals surface area contributed by atoms with Gasteiger partial charge in [-0.25, -0.2) is 10.1 Å². The summed E-state index contributed by atoms with van der Waals surface area (Å²) < 4.78 is 0. The van der Waals surface area contributed by atoms with E-state index >= 15 is 0 Å². The van der Waals surface area contributed by atoms with Gasteiger partial charge in [0.25, 0.3) is 0 Å². The van der Waals surface area contributed by atoms with Crippen LogP contribution in [0.2, 0.25) is 0 Å². The fourth-order valence-corrected chi connectivity index (χ4v) is 8.63. The van der Waals surface area contributed by atoms with Crippen molar-refractivity contribution in [3.05, 3.63) is 41.6 Å². The highest BCUT2D eigenvalue weighted by Crippen LogP contribution is 2.44. The van der Waals surface area contributed by atoms with E-state index in [9.17, 15) is 0 Å². The third-order valence-corrected chi connectivity index (χ3v) is 11.9. The minimum Gasteiger partial charge on any atom is -0.260 e. The van der Waals surface area contributed by atoms with Gasteiger partial charge in [0.05, 0.1) is 17.6 Å². The Hall–Kier alpha value is -0.570. The third kappa shape index (κ3) is 34.3. The van der Waals surface area contributed by atoms with E-state index in [1.807, 2.05) is 29.1 Å². The number of rotatable bonds is 36. The Morgan fingerprint density at radius 1 is 0.551 bits per heavy atom. The van der Waals surface area contributed by atoms with Crippen LogP contribution in [0.3, 0.4) is 0 Å².